The molecule has 3 heterocycles. The van der Waals surface area contributed by atoms with Crippen LogP contribution in [0.15, 0.2) is 30.3 Å². The van der Waals surface area contributed by atoms with E-state index in [9.17, 15) is 5.11 Å². The van der Waals surface area contributed by atoms with E-state index in [1.807, 2.05) is 0 Å². The van der Waals surface area contributed by atoms with Gasteiger partial charge in [0.1, 0.15) is 0 Å². The highest BCUT2D eigenvalue weighted by Gasteiger charge is 2.17. The molecule has 20 heavy (non-hydrogen) atoms. The molecule has 0 aromatic carbocycles. The van der Waals surface area contributed by atoms with Crippen molar-refractivity contribution in [1.29, 1.82) is 0 Å². The van der Waals surface area contributed by atoms with E-state index in [1.54, 1.807) is 22.7 Å². The molecule has 104 valence electrons. The Balaban J connectivity index is 2.18. The summed E-state index contributed by atoms with van der Waals surface area (Å²) in [7, 11) is 2.08. The van der Waals surface area contributed by atoms with E-state index in [-0.39, 0.29) is 6.61 Å². The standard InChI is InChI=1S/C16H17NOS2/c1-10-4-6-14(19-10)13-8-12(9-18)16(17(13)3)15-7-5-11(2)20-15/h4-8,18H,9H2,1-3H3. The van der Waals surface area contributed by atoms with Gasteiger partial charge in [-0.2, -0.15) is 0 Å². The third-order valence-electron chi connectivity index (χ3n) is 3.45. The molecule has 0 aliphatic rings. The van der Waals surface area contributed by atoms with Gasteiger partial charge in [0.25, 0.3) is 0 Å². The van der Waals surface area contributed by atoms with Crippen molar-refractivity contribution in [3.05, 3.63) is 45.6 Å². The number of aliphatic hydroxyl groups excluding tert-OH is 1. The molecular weight excluding hydrogens is 286 g/mol. The smallest absolute Gasteiger partial charge is 0.0703 e. The topological polar surface area (TPSA) is 25.2 Å². The van der Waals surface area contributed by atoms with Gasteiger partial charge in [0.2, 0.25) is 0 Å². The molecule has 2 nitrogen and oxygen atoms in total. The lowest BCUT2D eigenvalue weighted by molar-refractivity contribution is 0.282. The highest BCUT2D eigenvalue weighted by atomic mass is 32.1. The van der Waals surface area contributed by atoms with Crippen molar-refractivity contribution in [2.45, 2.75) is 20.5 Å². The Hall–Kier alpha value is -1.36. The minimum Gasteiger partial charge on any atom is -0.392 e. The molecule has 4 heteroatoms. The van der Waals surface area contributed by atoms with Crippen molar-refractivity contribution >= 4 is 22.7 Å². The zero-order chi connectivity index (χ0) is 14.3. The minimum atomic E-state index is 0.0739. The van der Waals surface area contributed by atoms with Gasteiger partial charge in [-0.25, -0.2) is 0 Å². The van der Waals surface area contributed by atoms with Crippen LogP contribution in [-0.4, -0.2) is 9.67 Å². The monoisotopic (exact) mass is 303 g/mol. The average molecular weight is 303 g/mol. The van der Waals surface area contributed by atoms with E-state index < -0.39 is 0 Å². The molecule has 3 rings (SSSR count). The van der Waals surface area contributed by atoms with Crippen LogP contribution in [-0.2, 0) is 13.7 Å². The van der Waals surface area contributed by atoms with Crippen molar-refractivity contribution in [1.82, 2.24) is 4.57 Å². The van der Waals surface area contributed by atoms with Gasteiger partial charge in [0, 0.05) is 22.4 Å². The maximum absolute atomic E-state index is 9.67. The Morgan fingerprint density at radius 1 is 1.00 bits per heavy atom. The number of aliphatic hydroxyl groups is 1. The third-order valence-corrected chi connectivity index (χ3v) is 5.48. The molecular formula is C16H17NOS2. The lowest BCUT2D eigenvalue weighted by Gasteiger charge is -2.06. The van der Waals surface area contributed by atoms with Crippen LogP contribution >= 0.6 is 22.7 Å². The predicted molar refractivity (Wildman–Crippen MR) is 87.4 cm³/mol. The van der Waals surface area contributed by atoms with Crippen LogP contribution in [0.1, 0.15) is 15.3 Å². The summed E-state index contributed by atoms with van der Waals surface area (Å²) in [6.45, 7) is 4.30. The molecule has 0 saturated heterocycles. The molecule has 0 aliphatic carbocycles. The Morgan fingerprint density at radius 3 is 2.10 bits per heavy atom. The van der Waals surface area contributed by atoms with E-state index in [0.29, 0.717) is 0 Å². The first-order valence-corrected chi connectivity index (χ1v) is 8.16. The van der Waals surface area contributed by atoms with Gasteiger partial charge < -0.3 is 9.67 Å². The summed E-state index contributed by atoms with van der Waals surface area (Å²) in [6, 6.07) is 10.7. The van der Waals surface area contributed by atoms with Gasteiger partial charge in [0.15, 0.2) is 0 Å². The Bertz CT molecular complexity index is 748. The summed E-state index contributed by atoms with van der Waals surface area (Å²) in [5, 5.41) is 9.67. The average Bonchev–Trinajstić information content (AvgIpc) is 3.09. The van der Waals surface area contributed by atoms with Crippen molar-refractivity contribution < 1.29 is 5.11 Å². The quantitative estimate of drug-likeness (QED) is 0.752. The van der Waals surface area contributed by atoms with Gasteiger partial charge >= 0.3 is 0 Å². The predicted octanol–water partition coefficient (Wildman–Crippen LogP) is 4.59. The molecule has 3 aromatic heterocycles. The summed E-state index contributed by atoms with van der Waals surface area (Å²) < 4.78 is 2.20. The van der Waals surface area contributed by atoms with Crippen molar-refractivity contribution in [2.75, 3.05) is 0 Å². The SMILES string of the molecule is Cc1ccc(-c2cc(CO)c(-c3ccc(C)s3)n2C)s1. The largest absolute Gasteiger partial charge is 0.392 e. The zero-order valence-corrected chi connectivity index (χ0v) is 13.4. The maximum Gasteiger partial charge on any atom is 0.0703 e. The maximum atomic E-state index is 9.67. The second-order valence-electron chi connectivity index (χ2n) is 4.94. The van der Waals surface area contributed by atoms with Crippen molar-refractivity contribution in [3.8, 4) is 21.1 Å². The number of rotatable bonds is 3. The van der Waals surface area contributed by atoms with Crippen molar-refractivity contribution in [3.63, 3.8) is 0 Å². The molecule has 0 bridgehead atoms. The molecule has 0 saturated carbocycles. The number of nitrogens with zero attached hydrogens (tertiary/aromatic N) is 1. The fraction of sp³-hybridized carbons (Fsp3) is 0.250. The minimum absolute atomic E-state index is 0.0739. The van der Waals surface area contributed by atoms with Crippen LogP contribution in [0.3, 0.4) is 0 Å². The Morgan fingerprint density at radius 2 is 1.60 bits per heavy atom. The van der Waals surface area contributed by atoms with E-state index >= 15 is 0 Å². The molecule has 0 fully saturated rings. The molecule has 0 amide bonds. The molecule has 0 atom stereocenters. The molecule has 0 aliphatic heterocycles. The second kappa shape index (κ2) is 5.20. The summed E-state index contributed by atoms with van der Waals surface area (Å²) >= 11 is 3.56. The van der Waals surface area contributed by atoms with Gasteiger partial charge in [-0.15, -0.1) is 22.7 Å². The first kappa shape index (κ1) is 13.6. The van der Waals surface area contributed by atoms with Crippen LogP contribution in [0.2, 0.25) is 0 Å². The lowest BCUT2D eigenvalue weighted by Crippen LogP contribution is -1.94. The van der Waals surface area contributed by atoms with Gasteiger partial charge in [0.05, 0.1) is 27.7 Å². The first-order valence-electron chi connectivity index (χ1n) is 6.53. The second-order valence-corrected chi connectivity index (χ2v) is 7.52. The van der Waals surface area contributed by atoms with Crippen molar-refractivity contribution in [2.24, 2.45) is 7.05 Å². The van der Waals surface area contributed by atoms with Crippen LogP contribution in [0, 0.1) is 13.8 Å². The molecule has 0 spiro atoms. The summed E-state index contributed by atoms with van der Waals surface area (Å²) in [5.74, 6) is 0. The number of thiophene rings is 2. The number of hydrogen-bond donors (Lipinski definition) is 1. The molecule has 3 aromatic rings. The van der Waals surface area contributed by atoms with E-state index in [4.69, 9.17) is 0 Å². The fourth-order valence-electron chi connectivity index (χ4n) is 2.48. The van der Waals surface area contributed by atoms with E-state index in [2.05, 4.69) is 55.8 Å². The highest BCUT2D eigenvalue weighted by molar-refractivity contribution is 7.15. The number of hydrogen-bond acceptors (Lipinski definition) is 3. The van der Waals surface area contributed by atoms with Crippen LogP contribution < -0.4 is 0 Å². The first-order chi connectivity index (χ1) is 9.60. The van der Waals surface area contributed by atoms with Gasteiger partial charge in [-0.05, 0) is 44.2 Å². The summed E-state index contributed by atoms with van der Waals surface area (Å²) in [6.07, 6.45) is 0. The summed E-state index contributed by atoms with van der Waals surface area (Å²) in [4.78, 5) is 5.06. The normalized spacial score (nSPS) is 11.2. The molecule has 0 radical (unpaired) electrons. The molecule has 1 N–H and O–H groups in total. The number of aryl methyl sites for hydroxylation is 2. The molecule has 0 unspecified atom stereocenters. The Labute approximate surface area is 126 Å². The van der Waals surface area contributed by atoms with Crippen LogP contribution in [0.4, 0.5) is 0 Å². The number of aromatic nitrogens is 1. The highest BCUT2D eigenvalue weighted by Crippen LogP contribution is 2.37. The van der Waals surface area contributed by atoms with E-state index in [0.717, 1.165) is 11.3 Å². The fourth-order valence-corrected chi connectivity index (χ4v) is 4.38. The van der Waals surface area contributed by atoms with Gasteiger partial charge in [-0.3, -0.25) is 0 Å². The lowest BCUT2D eigenvalue weighted by atomic mass is 10.2. The Kier molecular flexibility index (Phi) is 3.54. The van der Waals surface area contributed by atoms with Crippen LogP contribution in [0.25, 0.3) is 21.1 Å². The summed E-state index contributed by atoms with van der Waals surface area (Å²) in [5.41, 5.74) is 3.30. The van der Waals surface area contributed by atoms with Crippen LogP contribution in [0.5, 0.6) is 0 Å². The third kappa shape index (κ3) is 2.24. The zero-order valence-electron chi connectivity index (χ0n) is 11.8. The van der Waals surface area contributed by atoms with Gasteiger partial charge in [-0.1, -0.05) is 0 Å². The van der Waals surface area contributed by atoms with E-state index in [1.165, 1.54) is 25.2 Å².